The summed E-state index contributed by atoms with van der Waals surface area (Å²) in [5, 5.41) is 9.57. The van der Waals surface area contributed by atoms with Crippen LogP contribution in [0.5, 0.6) is 0 Å². The number of piperazine rings is 1. The number of pyridine rings is 1. The van der Waals surface area contributed by atoms with Crippen molar-refractivity contribution in [1.29, 1.82) is 0 Å². The lowest BCUT2D eigenvalue weighted by molar-refractivity contribution is -0.132. The van der Waals surface area contributed by atoms with Crippen molar-refractivity contribution in [3.8, 4) is 0 Å². The molecule has 0 aliphatic carbocycles. The van der Waals surface area contributed by atoms with Crippen molar-refractivity contribution < 1.29 is 9.90 Å². The monoisotopic (exact) mass is 334 g/mol. The van der Waals surface area contributed by atoms with Gasteiger partial charge in [-0.1, -0.05) is 6.07 Å². The number of nitrogens with zero attached hydrogens (tertiary/aromatic N) is 4. The smallest absolute Gasteiger partial charge is 0.223 e. The second-order valence-electron chi connectivity index (χ2n) is 6.74. The molecule has 0 aromatic carbocycles. The number of hydrogen-bond donors (Lipinski definition) is 1. The first kappa shape index (κ1) is 18.7. The Hall–Kier alpha value is -1.66. The molecule has 1 amide bonds. The Morgan fingerprint density at radius 3 is 2.50 bits per heavy atom. The third-order valence-electron chi connectivity index (χ3n) is 4.45. The summed E-state index contributed by atoms with van der Waals surface area (Å²) < 4.78 is 0. The predicted octanol–water partition coefficient (Wildman–Crippen LogP) is 1.21. The summed E-state index contributed by atoms with van der Waals surface area (Å²) in [4.78, 5) is 23.2. The van der Waals surface area contributed by atoms with Gasteiger partial charge >= 0.3 is 0 Å². The molecule has 24 heavy (non-hydrogen) atoms. The van der Waals surface area contributed by atoms with Gasteiger partial charge in [0.15, 0.2) is 0 Å². The van der Waals surface area contributed by atoms with Gasteiger partial charge in [-0.15, -0.1) is 0 Å². The SMILES string of the molecule is CC(O)CN(CCC(=O)N1CCN(c2ccccn2)CC1)C(C)C. The van der Waals surface area contributed by atoms with Crippen LogP contribution >= 0.6 is 0 Å². The zero-order chi connectivity index (χ0) is 17.5. The third-order valence-corrected chi connectivity index (χ3v) is 4.45. The fourth-order valence-corrected chi connectivity index (χ4v) is 3.02. The summed E-state index contributed by atoms with van der Waals surface area (Å²) in [6.07, 6.45) is 1.94. The zero-order valence-electron chi connectivity index (χ0n) is 15.1. The van der Waals surface area contributed by atoms with Gasteiger partial charge in [-0.25, -0.2) is 4.98 Å². The number of aromatic nitrogens is 1. The summed E-state index contributed by atoms with van der Waals surface area (Å²) in [5.41, 5.74) is 0. The van der Waals surface area contributed by atoms with Gasteiger partial charge in [0.2, 0.25) is 5.91 Å². The van der Waals surface area contributed by atoms with Crippen LogP contribution in [0.1, 0.15) is 27.2 Å². The number of carbonyl (C=O) groups excluding carboxylic acids is 1. The maximum Gasteiger partial charge on any atom is 0.223 e. The molecule has 2 rings (SSSR count). The number of rotatable bonds is 7. The fourth-order valence-electron chi connectivity index (χ4n) is 3.02. The highest BCUT2D eigenvalue weighted by Crippen LogP contribution is 2.13. The molecule has 2 heterocycles. The van der Waals surface area contributed by atoms with Crippen molar-refractivity contribution in [3.05, 3.63) is 24.4 Å². The molecule has 1 aromatic rings. The van der Waals surface area contributed by atoms with Crippen LogP contribution in [0.15, 0.2) is 24.4 Å². The lowest BCUT2D eigenvalue weighted by atomic mass is 10.2. The molecule has 1 N–H and O–H groups in total. The number of aliphatic hydroxyl groups is 1. The van der Waals surface area contributed by atoms with E-state index in [0.717, 1.165) is 32.0 Å². The van der Waals surface area contributed by atoms with Crippen molar-refractivity contribution in [2.75, 3.05) is 44.2 Å². The Morgan fingerprint density at radius 2 is 1.96 bits per heavy atom. The average Bonchev–Trinajstić information content (AvgIpc) is 2.58. The molecule has 1 aliphatic heterocycles. The van der Waals surface area contributed by atoms with Crippen LogP contribution in [0.4, 0.5) is 5.82 Å². The van der Waals surface area contributed by atoms with Crippen molar-refractivity contribution >= 4 is 11.7 Å². The number of carbonyl (C=O) groups is 1. The van der Waals surface area contributed by atoms with Crippen LogP contribution < -0.4 is 4.90 Å². The van der Waals surface area contributed by atoms with E-state index < -0.39 is 0 Å². The van der Waals surface area contributed by atoms with Gasteiger partial charge in [0.05, 0.1) is 6.10 Å². The molecule has 1 saturated heterocycles. The first-order chi connectivity index (χ1) is 11.5. The van der Waals surface area contributed by atoms with Gasteiger partial charge in [-0.2, -0.15) is 0 Å². The maximum absolute atomic E-state index is 12.5. The van der Waals surface area contributed by atoms with Crippen LogP contribution in [0, 0.1) is 0 Å². The van der Waals surface area contributed by atoms with Gasteiger partial charge < -0.3 is 14.9 Å². The van der Waals surface area contributed by atoms with E-state index in [9.17, 15) is 9.90 Å². The molecular weight excluding hydrogens is 304 g/mol. The van der Waals surface area contributed by atoms with Gasteiger partial charge in [0.1, 0.15) is 5.82 Å². The largest absolute Gasteiger partial charge is 0.392 e. The van der Waals surface area contributed by atoms with E-state index in [1.807, 2.05) is 23.1 Å². The molecule has 1 aliphatic rings. The first-order valence-corrected chi connectivity index (χ1v) is 8.83. The maximum atomic E-state index is 12.5. The summed E-state index contributed by atoms with van der Waals surface area (Å²) in [5.74, 6) is 1.18. The molecule has 0 saturated carbocycles. The van der Waals surface area contributed by atoms with Gasteiger partial charge in [-0.3, -0.25) is 9.69 Å². The van der Waals surface area contributed by atoms with Crippen LogP contribution in [0.3, 0.4) is 0 Å². The van der Waals surface area contributed by atoms with Gasteiger partial charge in [-0.05, 0) is 32.9 Å². The summed E-state index contributed by atoms with van der Waals surface area (Å²) >= 11 is 0. The van der Waals surface area contributed by atoms with E-state index in [2.05, 4.69) is 28.6 Å². The van der Waals surface area contributed by atoms with E-state index in [1.165, 1.54) is 0 Å². The molecule has 1 atom stereocenters. The molecule has 6 heteroatoms. The number of aliphatic hydroxyl groups excluding tert-OH is 1. The summed E-state index contributed by atoms with van der Waals surface area (Å²) in [6.45, 7) is 10.4. The summed E-state index contributed by atoms with van der Waals surface area (Å²) in [6, 6.07) is 6.24. The van der Waals surface area contributed by atoms with E-state index in [-0.39, 0.29) is 12.0 Å². The highest BCUT2D eigenvalue weighted by Gasteiger charge is 2.22. The van der Waals surface area contributed by atoms with E-state index in [4.69, 9.17) is 0 Å². The van der Waals surface area contributed by atoms with Crippen molar-refractivity contribution in [1.82, 2.24) is 14.8 Å². The lowest BCUT2D eigenvalue weighted by Gasteiger charge is -2.36. The topological polar surface area (TPSA) is 59.9 Å². The van der Waals surface area contributed by atoms with E-state index >= 15 is 0 Å². The lowest BCUT2D eigenvalue weighted by Crippen LogP contribution is -2.49. The molecule has 6 nitrogen and oxygen atoms in total. The molecule has 1 unspecified atom stereocenters. The Labute approximate surface area is 145 Å². The molecule has 0 spiro atoms. The molecule has 134 valence electrons. The Morgan fingerprint density at radius 1 is 1.25 bits per heavy atom. The van der Waals surface area contributed by atoms with E-state index in [1.54, 1.807) is 13.1 Å². The Balaban J connectivity index is 1.78. The van der Waals surface area contributed by atoms with E-state index in [0.29, 0.717) is 25.6 Å². The fraction of sp³-hybridized carbons (Fsp3) is 0.667. The predicted molar refractivity (Wildman–Crippen MR) is 96.0 cm³/mol. The second kappa shape index (κ2) is 8.99. The summed E-state index contributed by atoms with van der Waals surface area (Å²) in [7, 11) is 0. The standard InChI is InChI=1S/C18H30N4O2/c1-15(2)22(14-16(3)23)9-7-18(24)21-12-10-20(11-13-21)17-6-4-5-8-19-17/h4-6,8,15-16,23H,7,9-14H2,1-3H3. The number of anilines is 1. The quantitative estimate of drug-likeness (QED) is 0.812. The second-order valence-corrected chi connectivity index (χ2v) is 6.74. The Bertz CT molecular complexity index is 499. The molecule has 0 bridgehead atoms. The van der Waals surface area contributed by atoms with Crippen LogP contribution in [0.2, 0.25) is 0 Å². The van der Waals surface area contributed by atoms with Gasteiger partial charge in [0.25, 0.3) is 0 Å². The first-order valence-electron chi connectivity index (χ1n) is 8.83. The average molecular weight is 334 g/mol. The number of hydrogen-bond acceptors (Lipinski definition) is 5. The van der Waals surface area contributed by atoms with Crippen LogP contribution in [-0.4, -0.2) is 77.2 Å². The minimum Gasteiger partial charge on any atom is -0.392 e. The van der Waals surface area contributed by atoms with Crippen molar-refractivity contribution in [2.45, 2.75) is 39.3 Å². The molecule has 0 radical (unpaired) electrons. The molecule has 1 aromatic heterocycles. The van der Waals surface area contributed by atoms with Crippen molar-refractivity contribution in [3.63, 3.8) is 0 Å². The van der Waals surface area contributed by atoms with Crippen LogP contribution in [0.25, 0.3) is 0 Å². The highest BCUT2D eigenvalue weighted by molar-refractivity contribution is 5.76. The minimum atomic E-state index is -0.371. The van der Waals surface area contributed by atoms with Crippen LogP contribution in [-0.2, 0) is 4.79 Å². The minimum absolute atomic E-state index is 0.201. The van der Waals surface area contributed by atoms with Gasteiger partial charge in [0, 0.05) is 57.9 Å². The normalized spacial score (nSPS) is 16.8. The highest BCUT2D eigenvalue weighted by atomic mass is 16.3. The third kappa shape index (κ3) is 5.46. The molecular formula is C18H30N4O2. The number of amides is 1. The Kier molecular flexibility index (Phi) is 6.99. The van der Waals surface area contributed by atoms with Crippen molar-refractivity contribution in [2.24, 2.45) is 0 Å². The zero-order valence-corrected chi connectivity index (χ0v) is 15.1. The molecule has 1 fully saturated rings.